The van der Waals surface area contributed by atoms with E-state index < -0.39 is 0 Å². The van der Waals surface area contributed by atoms with Gasteiger partial charge in [-0.15, -0.1) is 11.3 Å². The summed E-state index contributed by atoms with van der Waals surface area (Å²) in [6.07, 6.45) is 1.88. The van der Waals surface area contributed by atoms with Crippen molar-refractivity contribution in [1.82, 2.24) is 14.5 Å². The van der Waals surface area contributed by atoms with Gasteiger partial charge >= 0.3 is 0 Å². The van der Waals surface area contributed by atoms with Gasteiger partial charge < -0.3 is 0 Å². The number of aromatic nitrogens is 3. The van der Waals surface area contributed by atoms with E-state index in [1.165, 1.54) is 47.5 Å². The Morgan fingerprint density at radius 3 is 2.07 bits per heavy atom. The molecular weight excluding hydrogens is 531 g/mol. The SMILES string of the molecule is c1ccc(-c2nc3c4ccccc4c4ccccc4c3n2-c2cccc(-c3cccc4c3sc3cccnc34)c2)cc1. The second-order valence-electron chi connectivity index (χ2n) is 10.6. The summed E-state index contributed by atoms with van der Waals surface area (Å²) in [5.41, 5.74) is 7.79. The first-order chi connectivity index (χ1) is 20.8. The van der Waals surface area contributed by atoms with Gasteiger partial charge in [-0.25, -0.2) is 4.98 Å². The van der Waals surface area contributed by atoms with Gasteiger partial charge in [0.15, 0.2) is 0 Å². The van der Waals surface area contributed by atoms with Crippen molar-refractivity contribution in [2.75, 3.05) is 0 Å². The molecule has 4 heteroatoms. The Morgan fingerprint density at radius 2 is 1.21 bits per heavy atom. The van der Waals surface area contributed by atoms with E-state index in [0.29, 0.717) is 0 Å². The largest absolute Gasteiger partial charge is 0.292 e. The van der Waals surface area contributed by atoms with Crippen molar-refractivity contribution < 1.29 is 0 Å². The minimum Gasteiger partial charge on any atom is -0.292 e. The molecule has 0 fully saturated rings. The third-order valence-electron chi connectivity index (χ3n) is 8.23. The van der Waals surface area contributed by atoms with Crippen LogP contribution in [0.3, 0.4) is 0 Å². The maximum absolute atomic E-state index is 5.38. The summed E-state index contributed by atoms with van der Waals surface area (Å²) in [4.78, 5) is 10.1. The Balaban J connectivity index is 1.38. The van der Waals surface area contributed by atoms with Crippen LogP contribution in [0.1, 0.15) is 0 Å². The van der Waals surface area contributed by atoms with Gasteiger partial charge in [0.1, 0.15) is 5.82 Å². The minimum atomic E-state index is 0.938. The highest BCUT2D eigenvalue weighted by Gasteiger charge is 2.20. The topological polar surface area (TPSA) is 30.7 Å². The number of nitrogens with zero attached hydrogens (tertiary/aromatic N) is 3. The highest BCUT2D eigenvalue weighted by atomic mass is 32.1. The lowest BCUT2D eigenvalue weighted by atomic mass is 9.99. The van der Waals surface area contributed by atoms with E-state index in [0.717, 1.165) is 33.6 Å². The molecule has 0 amide bonds. The lowest BCUT2D eigenvalue weighted by Gasteiger charge is -2.14. The molecule has 0 aliphatic carbocycles. The van der Waals surface area contributed by atoms with Crippen molar-refractivity contribution in [3.8, 4) is 28.2 Å². The molecule has 6 aromatic carbocycles. The predicted octanol–water partition coefficient (Wildman–Crippen LogP) is 10.4. The Hall–Kier alpha value is -5.32. The fourth-order valence-electron chi connectivity index (χ4n) is 6.40. The second-order valence-corrected chi connectivity index (χ2v) is 11.7. The number of hydrogen-bond acceptors (Lipinski definition) is 3. The normalized spacial score (nSPS) is 11.8. The van der Waals surface area contributed by atoms with E-state index in [1.807, 2.05) is 23.6 Å². The summed E-state index contributed by atoms with van der Waals surface area (Å²) in [5, 5.41) is 6.03. The molecule has 0 atom stereocenters. The van der Waals surface area contributed by atoms with Crippen LogP contribution in [0.4, 0.5) is 0 Å². The van der Waals surface area contributed by atoms with Crippen LogP contribution in [0.2, 0.25) is 0 Å². The van der Waals surface area contributed by atoms with Crippen molar-refractivity contribution in [1.29, 1.82) is 0 Å². The summed E-state index contributed by atoms with van der Waals surface area (Å²) >= 11 is 1.81. The maximum atomic E-state index is 5.38. The molecule has 42 heavy (non-hydrogen) atoms. The zero-order valence-electron chi connectivity index (χ0n) is 22.5. The zero-order chi connectivity index (χ0) is 27.6. The highest BCUT2D eigenvalue weighted by molar-refractivity contribution is 7.26. The van der Waals surface area contributed by atoms with Crippen LogP contribution in [0.15, 0.2) is 140 Å². The Morgan fingerprint density at radius 1 is 0.524 bits per heavy atom. The third kappa shape index (κ3) is 3.39. The average Bonchev–Trinajstić information content (AvgIpc) is 3.65. The van der Waals surface area contributed by atoms with Gasteiger partial charge in [0.05, 0.1) is 21.3 Å². The van der Waals surface area contributed by atoms with Gasteiger partial charge in [0.25, 0.3) is 0 Å². The summed E-state index contributed by atoms with van der Waals surface area (Å²) in [6.45, 7) is 0. The van der Waals surface area contributed by atoms with E-state index >= 15 is 0 Å². The van der Waals surface area contributed by atoms with E-state index in [1.54, 1.807) is 0 Å². The molecule has 0 radical (unpaired) electrons. The van der Waals surface area contributed by atoms with Crippen LogP contribution >= 0.6 is 11.3 Å². The van der Waals surface area contributed by atoms with Gasteiger partial charge in [0, 0.05) is 38.3 Å². The van der Waals surface area contributed by atoms with E-state index in [2.05, 4.69) is 132 Å². The number of fused-ring (bicyclic) bond motifs is 9. The Labute approximate surface area is 246 Å². The number of imidazole rings is 1. The number of pyridine rings is 1. The van der Waals surface area contributed by atoms with Crippen molar-refractivity contribution in [2.24, 2.45) is 0 Å². The first-order valence-corrected chi connectivity index (χ1v) is 14.9. The second kappa shape index (κ2) is 9.10. The molecule has 0 bridgehead atoms. The molecule has 0 aliphatic rings. The number of hydrogen-bond donors (Lipinski definition) is 0. The van der Waals surface area contributed by atoms with Crippen LogP contribution < -0.4 is 0 Å². The van der Waals surface area contributed by atoms with E-state index in [4.69, 9.17) is 9.97 Å². The summed E-state index contributed by atoms with van der Waals surface area (Å²) in [5.74, 6) is 0.938. The van der Waals surface area contributed by atoms with E-state index in [9.17, 15) is 0 Å². The molecule has 3 aromatic heterocycles. The number of thiophene rings is 1. The van der Waals surface area contributed by atoms with Crippen molar-refractivity contribution in [2.45, 2.75) is 0 Å². The van der Waals surface area contributed by atoms with Crippen LogP contribution in [0, 0.1) is 0 Å². The molecule has 3 nitrogen and oxygen atoms in total. The van der Waals surface area contributed by atoms with Gasteiger partial charge in [-0.05, 0) is 46.2 Å². The van der Waals surface area contributed by atoms with Crippen LogP contribution in [-0.2, 0) is 0 Å². The standard InChI is InChI=1S/C38H23N3S/c1-2-11-24(12-3-1)38-40-35-30-17-6-4-15-28(30)29-16-5-7-18-31(29)36(35)41(38)26-14-8-13-25(23-26)27-19-9-20-32-34-33(42-37(27)32)21-10-22-39-34/h1-23H. The predicted molar refractivity (Wildman–Crippen MR) is 178 cm³/mol. The van der Waals surface area contributed by atoms with Crippen LogP contribution in [-0.4, -0.2) is 14.5 Å². The van der Waals surface area contributed by atoms with Gasteiger partial charge in [-0.3, -0.25) is 9.55 Å². The Kier molecular flexibility index (Phi) is 5.07. The summed E-state index contributed by atoms with van der Waals surface area (Å²) < 4.78 is 4.83. The molecule has 3 heterocycles. The fourth-order valence-corrected chi connectivity index (χ4v) is 7.59. The van der Waals surface area contributed by atoms with Crippen molar-refractivity contribution >= 4 is 64.2 Å². The minimum absolute atomic E-state index is 0.938. The zero-order valence-corrected chi connectivity index (χ0v) is 23.3. The first kappa shape index (κ1) is 23.4. The maximum Gasteiger partial charge on any atom is 0.145 e. The Bertz CT molecular complexity index is 2470. The monoisotopic (exact) mass is 553 g/mol. The molecule has 9 rings (SSSR count). The van der Waals surface area contributed by atoms with Crippen LogP contribution in [0.25, 0.3) is 81.1 Å². The lowest BCUT2D eigenvalue weighted by Crippen LogP contribution is -1.98. The van der Waals surface area contributed by atoms with Crippen molar-refractivity contribution in [3.05, 3.63) is 140 Å². The third-order valence-corrected chi connectivity index (χ3v) is 9.43. The molecule has 0 aliphatic heterocycles. The molecule has 196 valence electrons. The lowest BCUT2D eigenvalue weighted by molar-refractivity contribution is 1.11. The average molecular weight is 554 g/mol. The molecule has 0 saturated heterocycles. The fraction of sp³-hybridized carbons (Fsp3) is 0. The molecule has 0 spiro atoms. The number of benzene rings is 6. The van der Waals surface area contributed by atoms with Crippen LogP contribution in [0.5, 0.6) is 0 Å². The summed E-state index contributed by atoms with van der Waals surface area (Å²) in [7, 11) is 0. The molecule has 0 saturated carbocycles. The van der Waals surface area contributed by atoms with E-state index in [-0.39, 0.29) is 0 Å². The van der Waals surface area contributed by atoms with Crippen molar-refractivity contribution in [3.63, 3.8) is 0 Å². The number of rotatable bonds is 3. The first-order valence-electron chi connectivity index (χ1n) is 14.1. The molecular formula is C38H23N3S. The van der Waals surface area contributed by atoms with Gasteiger partial charge in [0.2, 0.25) is 0 Å². The van der Waals surface area contributed by atoms with Gasteiger partial charge in [-0.1, -0.05) is 109 Å². The highest BCUT2D eigenvalue weighted by Crippen LogP contribution is 2.42. The smallest absolute Gasteiger partial charge is 0.145 e. The molecule has 0 N–H and O–H groups in total. The molecule has 9 aromatic rings. The quantitative estimate of drug-likeness (QED) is 0.204. The summed E-state index contributed by atoms with van der Waals surface area (Å²) in [6, 6.07) is 47.5. The molecule has 0 unspecified atom stereocenters. The van der Waals surface area contributed by atoms with Gasteiger partial charge in [-0.2, -0.15) is 0 Å².